The summed E-state index contributed by atoms with van der Waals surface area (Å²) in [4.78, 5) is 22.5. The number of rotatable bonds is 8. The van der Waals surface area contributed by atoms with Crippen molar-refractivity contribution in [2.45, 2.75) is 31.9 Å². The highest BCUT2D eigenvalue weighted by Crippen LogP contribution is 2.33. The second-order valence-corrected chi connectivity index (χ2v) is 5.75. The zero-order valence-electron chi connectivity index (χ0n) is 14.1. The average Bonchev–Trinajstić information content (AvgIpc) is 3.03. The summed E-state index contributed by atoms with van der Waals surface area (Å²) in [6.45, 7) is 0.109. The van der Waals surface area contributed by atoms with E-state index in [1.54, 1.807) is 0 Å². The predicted molar refractivity (Wildman–Crippen MR) is 87.0 cm³/mol. The summed E-state index contributed by atoms with van der Waals surface area (Å²) >= 11 is 0. The largest absolute Gasteiger partial charge is 0.481 e. The molecular weight excluding hydrogens is 370 g/mol. The number of carbonyl (C=O) groups excluding carboxylic acids is 1. The molecule has 0 spiro atoms. The van der Waals surface area contributed by atoms with Gasteiger partial charge in [0.1, 0.15) is 5.82 Å². The van der Waals surface area contributed by atoms with Crippen LogP contribution in [0.15, 0.2) is 30.5 Å². The number of halogens is 4. The maximum absolute atomic E-state index is 13.5. The molecule has 2 aromatic rings. The van der Waals surface area contributed by atoms with Gasteiger partial charge in [-0.25, -0.2) is 9.07 Å². The van der Waals surface area contributed by atoms with Crippen LogP contribution < -0.4 is 5.32 Å². The Kier molecular flexibility index (Phi) is 6.54. The number of hydrogen-bond donors (Lipinski definition) is 2. The molecule has 0 bridgehead atoms. The zero-order chi connectivity index (χ0) is 20.0. The van der Waals surface area contributed by atoms with Gasteiger partial charge in [0.05, 0.1) is 17.4 Å². The molecule has 1 aromatic heterocycles. The smallest absolute Gasteiger partial charge is 0.434 e. The van der Waals surface area contributed by atoms with Crippen molar-refractivity contribution in [2.75, 3.05) is 6.54 Å². The quantitative estimate of drug-likeness (QED) is 0.537. The summed E-state index contributed by atoms with van der Waals surface area (Å²) < 4.78 is 53.9. The molecule has 0 fully saturated rings. The molecular formula is C17H17F4N3O3. The molecule has 2 N–H and O–H groups in total. The van der Waals surface area contributed by atoms with E-state index in [4.69, 9.17) is 5.11 Å². The number of carboxylic acid groups (broad SMARTS) is 1. The fraction of sp³-hybridized carbons (Fsp3) is 0.353. The normalized spacial score (nSPS) is 11.4. The zero-order valence-corrected chi connectivity index (χ0v) is 14.1. The molecule has 0 atom stereocenters. The van der Waals surface area contributed by atoms with Gasteiger partial charge < -0.3 is 10.4 Å². The lowest BCUT2D eigenvalue weighted by Crippen LogP contribution is -2.27. The molecule has 1 aromatic carbocycles. The Bertz CT molecular complexity index is 801. The molecule has 0 radical (unpaired) electrons. The van der Waals surface area contributed by atoms with Gasteiger partial charge in [-0.2, -0.15) is 18.3 Å². The molecule has 2 rings (SSSR count). The van der Waals surface area contributed by atoms with Crippen molar-refractivity contribution in [3.05, 3.63) is 47.5 Å². The van der Waals surface area contributed by atoms with E-state index in [0.717, 1.165) is 30.5 Å². The van der Waals surface area contributed by atoms with E-state index in [0.29, 0.717) is 23.9 Å². The van der Waals surface area contributed by atoms with Gasteiger partial charge in [0.25, 0.3) is 5.91 Å². The van der Waals surface area contributed by atoms with Gasteiger partial charge in [-0.1, -0.05) is 6.42 Å². The first-order valence-corrected chi connectivity index (χ1v) is 8.11. The van der Waals surface area contributed by atoms with E-state index in [1.165, 1.54) is 0 Å². The molecule has 0 unspecified atom stereocenters. The van der Waals surface area contributed by atoms with Gasteiger partial charge >= 0.3 is 12.1 Å². The molecule has 146 valence electrons. The van der Waals surface area contributed by atoms with Gasteiger partial charge in [-0.05, 0) is 37.1 Å². The Balaban J connectivity index is 2.11. The van der Waals surface area contributed by atoms with E-state index in [9.17, 15) is 27.2 Å². The van der Waals surface area contributed by atoms with Crippen LogP contribution in [0, 0.1) is 5.82 Å². The molecule has 0 saturated carbocycles. The van der Waals surface area contributed by atoms with E-state index >= 15 is 0 Å². The Labute approximate surface area is 151 Å². The molecule has 1 heterocycles. The van der Waals surface area contributed by atoms with Crippen LogP contribution in [0.2, 0.25) is 0 Å². The molecule has 1 amide bonds. The summed E-state index contributed by atoms with van der Waals surface area (Å²) in [6.07, 6.45) is -2.66. The van der Waals surface area contributed by atoms with Gasteiger partial charge in [-0.3, -0.25) is 9.59 Å². The number of hydrogen-bond acceptors (Lipinski definition) is 3. The van der Waals surface area contributed by atoms with Crippen LogP contribution in [0.1, 0.15) is 41.7 Å². The van der Waals surface area contributed by atoms with Crippen molar-refractivity contribution in [3.8, 4) is 5.69 Å². The maximum Gasteiger partial charge on any atom is 0.434 e. The van der Waals surface area contributed by atoms with Crippen molar-refractivity contribution >= 4 is 11.9 Å². The number of nitrogens with zero attached hydrogens (tertiary/aromatic N) is 2. The lowest BCUT2D eigenvalue weighted by atomic mass is 10.2. The lowest BCUT2D eigenvalue weighted by Gasteiger charge is -2.13. The average molecular weight is 387 g/mol. The monoisotopic (exact) mass is 387 g/mol. The third-order valence-electron chi connectivity index (χ3n) is 3.71. The molecule has 6 nitrogen and oxygen atoms in total. The lowest BCUT2D eigenvalue weighted by molar-refractivity contribution is -0.143. The number of carboxylic acids is 1. The Hall–Kier alpha value is -2.91. The van der Waals surface area contributed by atoms with Crippen molar-refractivity contribution in [1.82, 2.24) is 15.1 Å². The van der Waals surface area contributed by atoms with Crippen molar-refractivity contribution in [3.63, 3.8) is 0 Å². The highest BCUT2D eigenvalue weighted by molar-refractivity contribution is 5.95. The summed E-state index contributed by atoms with van der Waals surface area (Å²) in [5, 5.41) is 14.5. The van der Waals surface area contributed by atoms with Crippen LogP contribution in [-0.2, 0) is 11.0 Å². The summed E-state index contributed by atoms with van der Waals surface area (Å²) in [5.74, 6) is -2.48. The minimum Gasteiger partial charge on any atom is -0.481 e. The summed E-state index contributed by atoms with van der Waals surface area (Å²) in [6, 6.07) is 4.24. The molecule has 10 heteroatoms. The standard InChI is InChI=1S/C17H17F4N3O3/c18-11-5-7-12(8-6-11)24-15(17(19,20)21)13(10-23-24)16(27)22-9-3-1-2-4-14(25)26/h5-8,10H,1-4,9H2,(H,22,27)(H,25,26). The van der Waals surface area contributed by atoms with Gasteiger partial charge in [0.2, 0.25) is 0 Å². The van der Waals surface area contributed by atoms with E-state index in [-0.39, 0.29) is 18.7 Å². The predicted octanol–water partition coefficient (Wildman–Crippen LogP) is 3.41. The number of amides is 1. The van der Waals surface area contributed by atoms with Gasteiger partial charge in [0, 0.05) is 13.0 Å². The van der Waals surface area contributed by atoms with E-state index in [1.807, 2.05) is 0 Å². The van der Waals surface area contributed by atoms with Crippen LogP contribution >= 0.6 is 0 Å². The molecule has 0 aliphatic heterocycles. The Morgan fingerprint density at radius 2 is 1.78 bits per heavy atom. The van der Waals surface area contributed by atoms with Crippen LogP contribution in [-0.4, -0.2) is 33.3 Å². The van der Waals surface area contributed by atoms with E-state index < -0.39 is 35.1 Å². The second kappa shape index (κ2) is 8.65. The SMILES string of the molecule is O=C(O)CCCCCNC(=O)c1cnn(-c2ccc(F)cc2)c1C(F)(F)F. The van der Waals surface area contributed by atoms with Crippen LogP contribution in [0.5, 0.6) is 0 Å². The van der Waals surface area contributed by atoms with Crippen molar-refractivity contribution < 1.29 is 32.3 Å². The number of nitrogens with one attached hydrogen (secondary N) is 1. The van der Waals surface area contributed by atoms with Crippen LogP contribution in [0.3, 0.4) is 0 Å². The fourth-order valence-corrected chi connectivity index (χ4v) is 2.44. The number of alkyl halides is 3. The second-order valence-electron chi connectivity index (χ2n) is 5.75. The van der Waals surface area contributed by atoms with E-state index in [2.05, 4.69) is 10.4 Å². The van der Waals surface area contributed by atoms with Crippen LogP contribution in [0.25, 0.3) is 5.69 Å². The molecule has 0 saturated heterocycles. The molecule has 0 aliphatic carbocycles. The number of carbonyl (C=O) groups is 2. The number of benzene rings is 1. The third kappa shape index (κ3) is 5.53. The highest BCUT2D eigenvalue weighted by atomic mass is 19.4. The first-order valence-electron chi connectivity index (χ1n) is 8.11. The minimum atomic E-state index is -4.85. The molecule has 0 aliphatic rings. The third-order valence-corrected chi connectivity index (χ3v) is 3.71. The Morgan fingerprint density at radius 3 is 2.37 bits per heavy atom. The number of aromatic nitrogens is 2. The van der Waals surface area contributed by atoms with Gasteiger partial charge in [0.15, 0.2) is 5.69 Å². The minimum absolute atomic E-state index is 0.00336. The number of aliphatic carboxylic acids is 1. The summed E-state index contributed by atoms with van der Waals surface area (Å²) in [7, 11) is 0. The fourth-order valence-electron chi connectivity index (χ4n) is 2.44. The van der Waals surface area contributed by atoms with Crippen LogP contribution in [0.4, 0.5) is 17.6 Å². The maximum atomic E-state index is 13.5. The molecule has 27 heavy (non-hydrogen) atoms. The van der Waals surface area contributed by atoms with Crippen molar-refractivity contribution in [2.24, 2.45) is 0 Å². The summed E-state index contributed by atoms with van der Waals surface area (Å²) in [5.41, 5.74) is -1.92. The Morgan fingerprint density at radius 1 is 1.11 bits per heavy atom. The van der Waals surface area contributed by atoms with Crippen molar-refractivity contribution in [1.29, 1.82) is 0 Å². The first kappa shape index (κ1) is 20.4. The topological polar surface area (TPSA) is 84.2 Å². The van der Waals surface area contributed by atoms with Gasteiger partial charge in [-0.15, -0.1) is 0 Å². The number of unbranched alkanes of at least 4 members (excludes halogenated alkanes) is 2. The first-order chi connectivity index (χ1) is 12.7. The highest BCUT2D eigenvalue weighted by Gasteiger charge is 2.40.